The monoisotopic (exact) mass is 250 g/mol. The van der Waals surface area contributed by atoms with Crippen LogP contribution in [0.5, 0.6) is 0 Å². The van der Waals surface area contributed by atoms with E-state index in [0.717, 1.165) is 48.6 Å². The Kier molecular flexibility index (Phi) is 10.3. The number of hydrogen-bond donors (Lipinski definition) is 0. The second-order valence-electron chi connectivity index (χ2n) is 3.47. The van der Waals surface area contributed by atoms with Gasteiger partial charge >= 0.3 is 0 Å². The minimum atomic E-state index is 0.744. The van der Waals surface area contributed by atoms with Crippen LogP contribution >= 0.6 is 23.2 Å². The molecule has 0 amide bonds. The van der Waals surface area contributed by atoms with Crippen LogP contribution in [-0.4, -0.2) is 0 Å². The third kappa shape index (κ3) is 10.1. The summed E-state index contributed by atoms with van der Waals surface area (Å²) in [5.41, 5.74) is 0. The molecule has 0 atom stereocenters. The smallest absolute Gasteiger partial charge is 0.105 e. The van der Waals surface area contributed by atoms with Crippen molar-refractivity contribution in [2.75, 3.05) is 0 Å². The fourth-order valence-electron chi connectivity index (χ4n) is 0.991. The number of halogens is 2. The Hall–Kier alpha value is -0.140. The predicted molar refractivity (Wildman–Crippen MR) is 68.0 cm³/mol. The van der Waals surface area contributed by atoms with E-state index < -0.39 is 0 Å². The van der Waals surface area contributed by atoms with Crippen LogP contribution in [-0.2, 0) is 4.74 Å². The van der Waals surface area contributed by atoms with Crippen molar-refractivity contribution < 1.29 is 4.74 Å². The van der Waals surface area contributed by atoms with Crippen molar-refractivity contribution in [2.24, 2.45) is 0 Å². The lowest BCUT2D eigenvalue weighted by Crippen LogP contribution is -1.79. The Bertz CT molecular complexity index is 188. The standard InChI is InChI=1S/C12H20Cl2O/c1-3-5-7-11(13)9-15-10-12(14)8-6-4-2/h9-10H,3-8H2,1-2H3. The molecule has 0 fully saturated rings. The number of allylic oxidation sites excluding steroid dienone is 2. The van der Waals surface area contributed by atoms with E-state index >= 15 is 0 Å². The van der Waals surface area contributed by atoms with Crippen LogP contribution in [0.4, 0.5) is 0 Å². The van der Waals surface area contributed by atoms with Crippen LogP contribution < -0.4 is 0 Å². The van der Waals surface area contributed by atoms with Gasteiger partial charge < -0.3 is 4.74 Å². The van der Waals surface area contributed by atoms with Crippen molar-refractivity contribution in [3.8, 4) is 0 Å². The molecule has 0 aliphatic carbocycles. The van der Waals surface area contributed by atoms with Gasteiger partial charge in [0.25, 0.3) is 0 Å². The van der Waals surface area contributed by atoms with Gasteiger partial charge in [0.05, 0.1) is 10.1 Å². The largest absolute Gasteiger partial charge is 0.470 e. The summed E-state index contributed by atoms with van der Waals surface area (Å²) in [7, 11) is 0. The van der Waals surface area contributed by atoms with Crippen LogP contribution in [0.25, 0.3) is 0 Å². The third-order valence-corrected chi connectivity index (χ3v) is 2.49. The lowest BCUT2D eigenvalue weighted by molar-refractivity contribution is 0.395. The van der Waals surface area contributed by atoms with Crippen molar-refractivity contribution in [3.63, 3.8) is 0 Å². The van der Waals surface area contributed by atoms with Gasteiger partial charge in [-0.1, -0.05) is 49.9 Å². The van der Waals surface area contributed by atoms with Gasteiger partial charge in [0.15, 0.2) is 0 Å². The van der Waals surface area contributed by atoms with Crippen LogP contribution in [0, 0.1) is 0 Å². The molecule has 0 saturated heterocycles. The molecule has 88 valence electrons. The fourth-order valence-corrected chi connectivity index (χ4v) is 1.36. The Labute approximate surface area is 103 Å². The predicted octanol–water partition coefficient (Wildman–Crippen LogP) is 5.54. The highest BCUT2D eigenvalue weighted by Gasteiger charge is 1.93. The molecule has 0 N–H and O–H groups in total. The van der Waals surface area contributed by atoms with Crippen molar-refractivity contribution in [1.29, 1.82) is 0 Å². The minimum Gasteiger partial charge on any atom is -0.470 e. The average Bonchev–Trinajstić information content (AvgIpc) is 2.23. The number of ether oxygens (including phenoxy) is 1. The van der Waals surface area contributed by atoms with Gasteiger partial charge in [-0.2, -0.15) is 0 Å². The van der Waals surface area contributed by atoms with Crippen LogP contribution in [0.3, 0.4) is 0 Å². The number of unbranched alkanes of at least 4 members (excludes halogenated alkanes) is 2. The van der Waals surface area contributed by atoms with E-state index in [4.69, 9.17) is 27.9 Å². The molecule has 0 heterocycles. The van der Waals surface area contributed by atoms with Crippen LogP contribution in [0.15, 0.2) is 22.6 Å². The van der Waals surface area contributed by atoms with Crippen molar-refractivity contribution in [2.45, 2.75) is 52.4 Å². The second-order valence-corrected chi connectivity index (χ2v) is 4.44. The van der Waals surface area contributed by atoms with Gasteiger partial charge in [-0.15, -0.1) is 0 Å². The zero-order chi connectivity index (χ0) is 11.5. The normalized spacial score (nSPS) is 13.1. The molecular weight excluding hydrogens is 231 g/mol. The molecule has 0 aromatic heterocycles. The molecule has 0 aliphatic rings. The first kappa shape index (κ1) is 14.9. The number of rotatable bonds is 8. The summed E-state index contributed by atoms with van der Waals surface area (Å²) in [6.07, 6.45) is 9.32. The van der Waals surface area contributed by atoms with E-state index in [2.05, 4.69) is 13.8 Å². The quantitative estimate of drug-likeness (QED) is 0.514. The van der Waals surface area contributed by atoms with Gasteiger partial charge in [-0.3, -0.25) is 0 Å². The maximum atomic E-state index is 5.91. The van der Waals surface area contributed by atoms with E-state index in [-0.39, 0.29) is 0 Å². The van der Waals surface area contributed by atoms with Crippen molar-refractivity contribution in [1.82, 2.24) is 0 Å². The highest BCUT2D eigenvalue weighted by Crippen LogP contribution is 2.14. The maximum Gasteiger partial charge on any atom is 0.105 e. The summed E-state index contributed by atoms with van der Waals surface area (Å²) in [5, 5.41) is 1.49. The molecule has 0 aromatic rings. The molecule has 1 nitrogen and oxygen atoms in total. The van der Waals surface area contributed by atoms with Gasteiger partial charge in [-0.05, 0) is 25.7 Å². The third-order valence-electron chi connectivity index (χ3n) is 1.93. The van der Waals surface area contributed by atoms with E-state index in [1.165, 1.54) is 0 Å². The zero-order valence-corrected chi connectivity index (χ0v) is 11.1. The van der Waals surface area contributed by atoms with Crippen molar-refractivity contribution >= 4 is 23.2 Å². The van der Waals surface area contributed by atoms with E-state index in [1.807, 2.05) is 0 Å². The average molecular weight is 251 g/mol. The summed E-state index contributed by atoms with van der Waals surface area (Å²) in [6.45, 7) is 4.26. The molecule has 15 heavy (non-hydrogen) atoms. The van der Waals surface area contributed by atoms with E-state index in [0.29, 0.717) is 0 Å². The van der Waals surface area contributed by atoms with E-state index in [1.54, 1.807) is 12.5 Å². The molecular formula is C12H20Cl2O. The summed E-state index contributed by atoms with van der Waals surface area (Å²) in [4.78, 5) is 0. The Balaban J connectivity index is 3.72. The van der Waals surface area contributed by atoms with E-state index in [9.17, 15) is 0 Å². The van der Waals surface area contributed by atoms with Gasteiger partial charge in [-0.25, -0.2) is 0 Å². The first-order valence-corrected chi connectivity index (χ1v) is 6.30. The summed E-state index contributed by atoms with van der Waals surface area (Å²) >= 11 is 11.8. The van der Waals surface area contributed by atoms with Crippen molar-refractivity contribution in [3.05, 3.63) is 22.6 Å². The molecule has 0 unspecified atom stereocenters. The first-order valence-electron chi connectivity index (χ1n) is 5.55. The molecule has 0 rings (SSSR count). The lowest BCUT2D eigenvalue weighted by atomic mass is 10.2. The first-order chi connectivity index (χ1) is 7.20. The minimum absolute atomic E-state index is 0.744. The highest BCUT2D eigenvalue weighted by atomic mass is 35.5. The molecule has 0 saturated carbocycles. The Morgan fingerprint density at radius 2 is 1.33 bits per heavy atom. The van der Waals surface area contributed by atoms with Gasteiger partial charge in [0, 0.05) is 0 Å². The highest BCUT2D eigenvalue weighted by molar-refractivity contribution is 6.29. The lowest BCUT2D eigenvalue weighted by Gasteiger charge is -1.98. The fraction of sp³-hybridized carbons (Fsp3) is 0.667. The molecule has 3 heteroatoms. The molecule has 0 aromatic carbocycles. The summed E-state index contributed by atoms with van der Waals surface area (Å²) in [5.74, 6) is 0. The maximum absolute atomic E-state index is 5.91. The topological polar surface area (TPSA) is 9.23 Å². The van der Waals surface area contributed by atoms with Gasteiger partial charge in [0.2, 0.25) is 0 Å². The summed E-state index contributed by atoms with van der Waals surface area (Å²) in [6, 6.07) is 0. The zero-order valence-electron chi connectivity index (χ0n) is 9.56. The molecule has 0 bridgehead atoms. The SMILES string of the molecule is CCCCC(Cl)=COC=C(Cl)CCCC. The number of hydrogen-bond acceptors (Lipinski definition) is 1. The Morgan fingerprint density at radius 1 is 0.933 bits per heavy atom. The van der Waals surface area contributed by atoms with Crippen LogP contribution in [0.2, 0.25) is 0 Å². The summed E-state index contributed by atoms with van der Waals surface area (Å²) < 4.78 is 5.16. The molecule has 0 spiro atoms. The molecule has 0 radical (unpaired) electrons. The second kappa shape index (κ2) is 10.4. The van der Waals surface area contributed by atoms with Gasteiger partial charge in [0.1, 0.15) is 12.5 Å². The Morgan fingerprint density at radius 3 is 1.67 bits per heavy atom. The van der Waals surface area contributed by atoms with Crippen LogP contribution in [0.1, 0.15) is 52.4 Å². The molecule has 0 aliphatic heterocycles.